The lowest BCUT2D eigenvalue weighted by Crippen LogP contribution is -2.28. The number of hydrogen-bond acceptors (Lipinski definition) is 4. The number of thioether (sulfide) groups is 1. The van der Waals surface area contributed by atoms with Crippen LogP contribution in [0.4, 0.5) is 0 Å². The molecule has 0 fully saturated rings. The molecule has 2 aromatic rings. The Bertz CT molecular complexity index is 548. The monoisotopic (exact) mass is 305 g/mol. The summed E-state index contributed by atoms with van der Waals surface area (Å²) in [4.78, 5) is 1.09. The molecule has 2 rings (SSSR count). The predicted molar refractivity (Wildman–Crippen MR) is 83.6 cm³/mol. The third-order valence-corrected chi connectivity index (χ3v) is 3.77. The minimum Gasteiger partial charge on any atom is -0.619 e. The number of para-hydroxylation sites is 1. The molecule has 1 aromatic carbocycles. The molecule has 0 aliphatic carbocycles. The second-order valence-electron chi connectivity index (χ2n) is 4.45. The normalized spacial score (nSPS) is 10.5. The van der Waals surface area contributed by atoms with Gasteiger partial charge in [0.1, 0.15) is 12.4 Å². The smallest absolute Gasteiger partial charge is 0.190 e. The van der Waals surface area contributed by atoms with Gasteiger partial charge in [0, 0.05) is 29.7 Å². The Hall–Kier alpha value is -1.72. The number of aromatic nitrogens is 1. The lowest BCUT2D eigenvalue weighted by molar-refractivity contribution is -0.612. The van der Waals surface area contributed by atoms with Gasteiger partial charge >= 0.3 is 0 Å². The molecule has 0 unspecified atom stereocenters. The largest absolute Gasteiger partial charge is 0.619 e. The molecule has 4 nitrogen and oxygen atoms in total. The van der Waals surface area contributed by atoms with E-state index in [0.29, 0.717) is 25.5 Å². The van der Waals surface area contributed by atoms with Crippen molar-refractivity contribution in [3.8, 4) is 5.75 Å². The highest BCUT2D eigenvalue weighted by Crippen LogP contribution is 2.16. The minimum atomic E-state index is 0.551. The lowest BCUT2D eigenvalue weighted by Gasteiger charge is -2.07. The van der Waals surface area contributed by atoms with E-state index in [2.05, 4.69) is 0 Å². The summed E-state index contributed by atoms with van der Waals surface area (Å²) in [6.45, 7) is 3.59. The molecule has 0 bridgehead atoms. The van der Waals surface area contributed by atoms with Crippen molar-refractivity contribution in [3.63, 3.8) is 0 Å². The SMILES string of the molecule is Cc1cc(SCCOCCOc2ccccc2)cc[n+]1[O-]. The number of nitrogens with zero attached hydrogens (tertiary/aromatic N) is 1. The van der Waals surface area contributed by atoms with E-state index in [1.807, 2.05) is 42.5 Å². The molecule has 21 heavy (non-hydrogen) atoms. The fourth-order valence-electron chi connectivity index (χ4n) is 1.72. The number of aryl methyl sites for hydroxylation is 1. The van der Waals surface area contributed by atoms with Crippen LogP contribution < -0.4 is 9.47 Å². The minimum absolute atomic E-state index is 0.551. The van der Waals surface area contributed by atoms with Gasteiger partial charge in [0.25, 0.3) is 0 Å². The molecular formula is C16H19NO3S. The van der Waals surface area contributed by atoms with Gasteiger partial charge in [-0.15, -0.1) is 11.8 Å². The quantitative estimate of drug-likeness (QED) is 0.326. The van der Waals surface area contributed by atoms with Crippen molar-refractivity contribution in [1.82, 2.24) is 0 Å². The molecule has 0 aliphatic rings. The molecular weight excluding hydrogens is 286 g/mol. The highest BCUT2D eigenvalue weighted by atomic mass is 32.2. The summed E-state index contributed by atoms with van der Waals surface area (Å²) >= 11 is 1.68. The molecule has 1 aromatic heterocycles. The molecule has 0 spiro atoms. The van der Waals surface area contributed by atoms with Gasteiger partial charge in [0.2, 0.25) is 0 Å². The average Bonchev–Trinajstić information content (AvgIpc) is 2.51. The van der Waals surface area contributed by atoms with Crippen molar-refractivity contribution in [2.75, 3.05) is 25.6 Å². The maximum Gasteiger partial charge on any atom is 0.190 e. The van der Waals surface area contributed by atoms with Gasteiger partial charge in [-0.25, -0.2) is 0 Å². The van der Waals surface area contributed by atoms with Gasteiger partial charge < -0.3 is 14.7 Å². The van der Waals surface area contributed by atoms with Crippen molar-refractivity contribution in [1.29, 1.82) is 0 Å². The van der Waals surface area contributed by atoms with Crippen molar-refractivity contribution in [2.24, 2.45) is 0 Å². The van der Waals surface area contributed by atoms with Gasteiger partial charge in [-0.2, -0.15) is 4.73 Å². The van der Waals surface area contributed by atoms with Crippen molar-refractivity contribution < 1.29 is 14.2 Å². The van der Waals surface area contributed by atoms with Crippen LogP contribution in [-0.4, -0.2) is 25.6 Å². The Morgan fingerprint density at radius 2 is 1.90 bits per heavy atom. The van der Waals surface area contributed by atoms with Gasteiger partial charge in [-0.05, 0) is 12.1 Å². The van der Waals surface area contributed by atoms with Crippen molar-refractivity contribution in [2.45, 2.75) is 11.8 Å². The first-order valence-electron chi connectivity index (χ1n) is 6.84. The highest BCUT2D eigenvalue weighted by Gasteiger charge is 2.01. The molecule has 0 atom stereocenters. The molecule has 112 valence electrons. The third kappa shape index (κ3) is 5.65. The first kappa shape index (κ1) is 15.7. The van der Waals surface area contributed by atoms with E-state index in [4.69, 9.17) is 9.47 Å². The average molecular weight is 305 g/mol. The summed E-state index contributed by atoms with van der Waals surface area (Å²) in [5.74, 6) is 1.72. The predicted octanol–water partition coefficient (Wildman–Crippen LogP) is 2.82. The molecule has 0 radical (unpaired) electrons. The topological polar surface area (TPSA) is 45.4 Å². The van der Waals surface area contributed by atoms with Crippen LogP contribution in [0.25, 0.3) is 0 Å². The van der Waals surface area contributed by atoms with Gasteiger partial charge in [0.15, 0.2) is 11.9 Å². The van der Waals surface area contributed by atoms with E-state index in [1.165, 1.54) is 6.20 Å². The summed E-state index contributed by atoms with van der Waals surface area (Å²) in [6, 6.07) is 13.4. The number of benzene rings is 1. The van der Waals surface area contributed by atoms with Crippen LogP contribution in [0.15, 0.2) is 53.6 Å². The summed E-state index contributed by atoms with van der Waals surface area (Å²) in [5, 5.41) is 11.2. The van der Waals surface area contributed by atoms with Crippen molar-refractivity contribution >= 4 is 11.8 Å². The number of rotatable bonds is 8. The lowest BCUT2D eigenvalue weighted by atomic mass is 10.3. The summed E-state index contributed by atoms with van der Waals surface area (Å²) < 4.78 is 11.9. The van der Waals surface area contributed by atoms with Crippen molar-refractivity contribution in [3.05, 3.63) is 59.6 Å². The molecule has 1 heterocycles. The van der Waals surface area contributed by atoms with Crippen LogP contribution in [0, 0.1) is 12.1 Å². The second kappa shape index (κ2) is 8.54. The first-order chi connectivity index (χ1) is 10.3. The molecule has 0 aliphatic heterocycles. The summed E-state index contributed by atoms with van der Waals surface area (Å²) in [7, 11) is 0. The number of pyridine rings is 1. The standard InChI is InChI=1S/C16H19NO3S/c1-14-13-16(7-8-17(14)18)21-12-11-19-9-10-20-15-5-3-2-4-6-15/h2-8,13H,9-12H2,1H3. The van der Waals surface area contributed by atoms with Gasteiger partial charge in [0.05, 0.1) is 13.2 Å². The molecule has 5 heteroatoms. The summed E-state index contributed by atoms with van der Waals surface area (Å²) in [5.41, 5.74) is 0.706. The van der Waals surface area contributed by atoms with Crippen LogP contribution in [0.5, 0.6) is 5.75 Å². The molecule has 0 saturated heterocycles. The second-order valence-corrected chi connectivity index (χ2v) is 5.62. The van der Waals surface area contributed by atoms with Crippen LogP contribution in [0.1, 0.15) is 5.69 Å². The Morgan fingerprint density at radius 1 is 1.10 bits per heavy atom. The van der Waals surface area contributed by atoms with Crippen LogP contribution in [-0.2, 0) is 4.74 Å². The van der Waals surface area contributed by atoms with Crippen LogP contribution in [0.3, 0.4) is 0 Å². The zero-order chi connectivity index (χ0) is 14.9. The van der Waals surface area contributed by atoms with Gasteiger partial charge in [-0.1, -0.05) is 18.2 Å². The van der Waals surface area contributed by atoms with E-state index in [0.717, 1.165) is 21.1 Å². The Balaban J connectivity index is 1.55. The third-order valence-electron chi connectivity index (χ3n) is 2.81. The molecule has 0 amide bonds. The maximum atomic E-state index is 11.2. The Kier molecular flexibility index (Phi) is 6.37. The zero-order valence-electron chi connectivity index (χ0n) is 12.0. The van der Waals surface area contributed by atoms with E-state index in [1.54, 1.807) is 18.7 Å². The highest BCUT2D eigenvalue weighted by molar-refractivity contribution is 7.99. The van der Waals surface area contributed by atoms with E-state index < -0.39 is 0 Å². The zero-order valence-corrected chi connectivity index (χ0v) is 12.8. The fraction of sp³-hybridized carbons (Fsp3) is 0.312. The number of hydrogen-bond donors (Lipinski definition) is 0. The Morgan fingerprint density at radius 3 is 2.67 bits per heavy atom. The van der Waals surface area contributed by atoms with E-state index >= 15 is 0 Å². The molecule has 0 saturated carbocycles. The summed E-state index contributed by atoms with van der Waals surface area (Å²) in [6.07, 6.45) is 1.53. The van der Waals surface area contributed by atoms with E-state index in [-0.39, 0.29) is 0 Å². The van der Waals surface area contributed by atoms with Crippen LogP contribution in [0.2, 0.25) is 0 Å². The molecule has 0 N–H and O–H groups in total. The number of ether oxygens (including phenoxy) is 2. The Labute approximate surface area is 129 Å². The maximum absolute atomic E-state index is 11.2. The van der Waals surface area contributed by atoms with Gasteiger partial charge in [-0.3, -0.25) is 0 Å². The van der Waals surface area contributed by atoms with Crippen LogP contribution >= 0.6 is 11.8 Å². The fourth-order valence-corrected chi connectivity index (χ4v) is 2.57. The van der Waals surface area contributed by atoms with E-state index in [9.17, 15) is 5.21 Å². The first-order valence-corrected chi connectivity index (χ1v) is 7.82.